The van der Waals surface area contributed by atoms with Gasteiger partial charge in [0.25, 0.3) is 5.91 Å². The SMILES string of the molecule is Cc1coc(C)c1C(=O)n1cc(N)cn1. The standard InChI is InChI=1S/C10H11N3O2/c1-6-5-15-7(2)9(6)10(14)13-4-8(11)3-12-13/h3-5H,11H2,1-2H3. The molecule has 2 heterocycles. The third kappa shape index (κ3) is 1.52. The van der Waals surface area contributed by atoms with Crippen molar-refractivity contribution in [2.24, 2.45) is 0 Å². The molecular weight excluding hydrogens is 194 g/mol. The number of anilines is 1. The molecule has 0 fully saturated rings. The largest absolute Gasteiger partial charge is 0.469 e. The fraction of sp³-hybridized carbons (Fsp3) is 0.200. The van der Waals surface area contributed by atoms with Crippen LogP contribution in [0.5, 0.6) is 0 Å². The molecule has 0 amide bonds. The quantitative estimate of drug-likeness (QED) is 0.762. The molecule has 2 aromatic rings. The van der Waals surface area contributed by atoms with Crippen LogP contribution in [0.2, 0.25) is 0 Å². The molecule has 0 unspecified atom stereocenters. The molecule has 2 aromatic heterocycles. The van der Waals surface area contributed by atoms with Crippen LogP contribution in [0.3, 0.4) is 0 Å². The summed E-state index contributed by atoms with van der Waals surface area (Å²) in [5.41, 5.74) is 7.28. The number of nitrogen functional groups attached to an aromatic ring is 1. The van der Waals surface area contributed by atoms with Crippen LogP contribution in [0.15, 0.2) is 23.1 Å². The second-order valence-electron chi connectivity index (χ2n) is 3.37. The van der Waals surface area contributed by atoms with Gasteiger partial charge in [-0.15, -0.1) is 0 Å². The highest BCUT2D eigenvalue weighted by atomic mass is 16.3. The summed E-state index contributed by atoms with van der Waals surface area (Å²) in [4.78, 5) is 11.9. The van der Waals surface area contributed by atoms with E-state index in [1.165, 1.54) is 17.1 Å². The maximum absolute atomic E-state index is 11.9. The number of hydrogen-bond acceptors (Lipinski definition) is 4. The van der Waals surface area contributed by atoms with Gasteiger partial charge in [-0.3, -0.25) is 4.79 Å². The van der Waals surface area contributed by atoms with Gasteiger partial charge in [0, 0.05) is 5.56 Å². The fourth-order valence-electron chi connectivity index (χ4n) is 1.45. The predicted octanol–water partition coefficient (Wildman–Crippen LogP) is 1.36. The fourth-order valence-corrected chi connectivity index (χ4v) is 1.45. The van der Waals surface area contributed by atoms with Gasteiger partial charge in [0.05, 0.1) is 29.9 Å². The molecule has 0 aliphatic carbocycles. The van der Waals surface area contributed by atoms with Gasteiger partial charge < -0.3 is 10.2 Å². The van der Waals surface area contributed by atoms with E-state index in [4.69, 9.17) is 10.2 Å². The molecule has 0 spiro atoms. The predicted molar refractivity (Wildman–Crippen MR) is 54.5 cm³/mol. The molecule has 0 bridgehead atoms. The highest BCUT2D eigenvalue weighted by Gasteiger charge is 2.17. The van der Waals surface area contributed by atoms with Gasteiger partial charge in [-0.1, -0.05) is 0 Å². The summed E-state index contributed by atoms with van der Waals surface area (Å²) < 4.78 is 6.36. The van der Waals surface area contributed by atoms with Crippen molar-refractivity contribution in [1.82, 2.24) is 9.78 Å². The van der Waals surface area contributed by atoms with Crippen LogP contribution in [0, 0.1) is 13.8 Å². The van der Waals surface area contributed by atoms with Crippen LogP contribution < -0.4 is 5.73 Å². The number of rotatable bonds is 1. The summed E-state index contributed by atoms with van der Waals surface area (Å²) in [6.45, 7) is 3.56. The maximum Gasteiger partial charge on any atom is 0.282 e. The van der Waals surface area contributed by atoms with Crippen molar-refractivity contribution in [3.8, 4) is 0 Å². The Morgan fingerprint density at radius 2 is 2.27 bits per heavy atom. The van der Waals surface area contributed by atoms with Crippen LogP contribution in [-0.2, 0) is 0 Å². The molecule has 0 aliphatic rings. The maximum atomic E-state index is 11.9. The Kier molecular flexibility index (Phi) is 2.07. The first-order valence-electron chi connectivity index (χ1n) is 4.49. The Morgan fingerprint density at radius 3 is 2.73 bits per heavy atom. The zero-order chi connectivity index (χ0) is 11.0. The Morgan fingerprint density at radius 1 is 1.53 bits per heavy atom. The van der Waals surface area contributed by atoms with Crippen molar-refractivity contribution in [2.75, 3.05) is 5.73 Å². The molecule has 78 valence electrons. The van der Waals surface area contributed by atoms with Gasteiger partial charge in [0.1, 0.15) is 5.76 Å². The van der Waals surface area contributed by atoms with Crippen molar-refractivity contribution in [3.63, 3.8) is 0 Å². The lowest BCUT2D eigenvalue weighted by atomic mass is 10.1. The van der Waals surface area contributed by atoms with Gasteiger partial charge in [-0.05, 0) is 13.8 Å². The highest BCUT2D eigenvalue weighted by molar-refractivity contribution is 5.97. The van der Waals surface area contributed by atoms with E-state index < -0.39 is 0 Å². The molecule has 2 N–H and O–H groups in total. The first-order chi connectivity index (χ1) is 7.09. The summed E-state index contributed by atoms with van der Waals surface area (Å²) >= 11 is 0. The number of hydrogen-bond donors (Lipinski definition) is 1. The summed E-state index contributed by atoms with van der Waals surface area (Å²) in [5, 5.41) is 3.85. The Bertz CT molecular complexity index is 491. The van der Waals surface area contributed by atoms with Crippen molar-refractivity contribution in [3.05, 3.63) is 35.5 Å². The minimum Gasteiger partial charge on any atom is -0.469 e. The second kappa shape index (κ2) is 3.27. The molecule has 0 aromatic carbocycles. The average molecular weight is 205 g/mol. The smallest absolute Gasteiger partial charge is 0.282 e. The molecule has 5 nitrogen and oxygen atoms in total. The number of nitrogens with two attached hydrogens (primary N) is 1. The molecular formula is C10H11N3O2. The van der Waals surface area contributed by atoms with E-state index in [0.29, 0.717) is 17.0 Å². The van der Waals surface area contributed by atoms with Gasteiger partial charge in [0.2, 0.25) is 0 Å². The number of aryl methyl sites for hydroxylation is 2. The van der Waals surface area contributed by atoms with E-state index in [2.05, 4.69) is 5.10 Å². The Balaban J connectivity index is 2.45. The van der Waals surface area contributed by atoms with Crippen LogP contribution in [0.25, 0.3) is 0 Å². The molecule has 0 saturated carbocycles. The van der Waals surface area contributed by atoms with Crippen molar-refractivity contribution < 1.29 is 9.21 Å². The molecule has 5 heteroatoms. The normalized spacial score (nSPS) is 10.5. The van der Waals surface area contributed by atoms with E-state index in [9.17, 15) is 4.79 Å². The Hall–Kier alpha value is -2.04. The van der Waals surface area contributed by atoms with E-state index in [1.54, 1.807) is 13.2 Å². The van der Waals surface area contributed by atoms with Crippen LogP contribution >= 0.6 is 0 Å². The van der Waals surface area contributed by atoms with Gasteiger partial charge in [-0.25, -0.2) is 4.68 Å². The van der Waals surface area contributed by atoms with E-state index in [1.807, 2.05) is 6.92 Å². The van der Waals surface area contributed by atoms with Crippen molar-refractivity contribution >= 4 is 11.6 Å². The number of aromatic nitrogens is 2. The van der Waals surface area contributed by atoms with Crippen LogP contribution in [-0.4, -0.2) is 15.7 Å². The summed E-state index contributed by atoms with van der Waals surface area (Å²) in [6, 6.07) is 0. The van der Waals surface area contributed by atoms with Gasteiger partial charge in [0.15, 0.2) is 0 Å². The van der Waals surface area contributed by atoms with Crippen molar-refractivity contribution in [2.45, 2.75) is 13.8 Å². The average Bonchev–Trinajstić information content (AvgIpc) is 2.73. The molecule has 15 heavy (non-hydrogen) atoms. The van der Waals surface area contributed by atoms with Crippen LogP contribution in [0.1, 0.15) is 21.7 Å². The zero-order valence-corrected chi connectivity index (χ0v) is 8.52. The van der Waals surface area contributed by atoms with E-state index in [-0.39, 0.29) is 5.91 Å². The molecule has 0 radical (unpaired) electrons. The molecule has 0 atom stereocenters. The van der Waals surface area contributed by atoms with Gasteiger partial charge in [-0.2, -0.15) is 5.10 Å². The lowest BCUT2D eigenvalue weighted by Gasteiger charge is -1.99. The lowest BCUT2D eigenvalue weighted by molar-refractivity contribution is 0.0943. The molecule has 0 saturated heterocycles. The lowest BCUT2D eigenvalue weighted by Crippen LogP contribution is -2.13. The molecule has 2 rings (SSSR count). The number of nitrogens with zero attached hydrogens (tertiary/aromatic N) is 2. The van der Waals surface area contributed by atoms with Gasteiger partial charge >= 0.3 is 0 Å². The highest BCUT2D eigenvalue weighted by Crippen LogP contribution is 2.16. The van der Waals surface area contributed by atoms with Crippen molar-refractivity contribution in [1.29, 1.82) is 0 Å². The first kappa shape index (κ1) is 9.51. The monoisotopic (exact) mass is 205 g/mol. The second-order valence-corrected chi connectivity index (χ2v) is 3.37. The van der Waals surface area contributed by atoms with E-state index in [0.717, 1.165) is 5.56 Å². The minimum absolute atomic E-state index is 0.226. The van der Waals surface area contributed by atoms with Crippen LogP contribution in [0.4, 0.5) is 5.69 Å². The first-order valence-corrected chi connectivity index (χ1v) is 4.49. The number of carbonyl (C=O) groups excluding carboxylic acids is 1. The summed E-state index contributed by atoms with van der Waals surface area (Å²) in [6.07, 6.45) is 4.46. The topological polar surface area (TPSA) is 74.0 Å². The third-order valence-electron chi connectivity index (χ3n) is 2.18. The third-order valence-corrected chi connectivity index (χ3v) is 2.18. The number of furan rings is 1. The zero-order valence-electron chi connectivity index (χ0n) is 8.52. The summed E-state index contributed by atoms with van der Waals surface area (Å²) in [5.74, 6) is 0.363. The molecule has 0 aliphatic heterocycles. The Labute approximate surface area is 86.5 Å². The number of carbonyl (C=O) groups is 1. The minimum atomic E-state index is -0.226. The van der Waals surface area contributed by atoms with E-state index >= 15 is 0 Å². The summed E-state index contributed by atoms with van der Waals surface area (Å²) in [7, 11) is 0.